The van der Waals surface area contributed by atoms with Crippen LogP contribution in [0.4, 0.5) is 0 Å². The molecule has 1 aliphatic rings. The van der Waals surface area contributed by atoms with Crippen molar-refractivity contribution in [3.8, 4) is 11.5 Å². The molecule has 16 heavy (non-hydrogen) atoms. The van der Waals surface area contributed by atoms with E-state index >= 15 is 0 Å². The van der Waals surface area contributed by atoms with E-state index in [1.54, 1.807) is 14.2 Å². The van der Waals surface area contributed by atoms with Gasteiger partial charge in [-0.2, -0.15) is 0 Å². The van der Waals surface area contributed by atoms with Crippen LogP contribution in [-0.2, 0) is 6.42 Å². The maximum absolute atomic E-state index is 11.7. The SMILES string of the molecule is COc1cc2c(c(Br)c1OC)C(=O)NCC2. The highest BCUT2D eigenvalue weighted by Crippen LogP contribution is 2.40. The lowest BCUT2D eigenvalue weighted by atomic mass is 9.99. The molecule has 1 amide bonds. The van der Waals surface area contributed by atoms with E-state index in [9.17, 15) is 4.79 Å². The van der Waals surface area contributed by atoms with Crippen LogP contribution in [0.3, 0.4) is 0 Å². The van der Waals surface area contributed by atoms with Crippen molar-refractivity contribution in [3.05, 3.63) is 21.7 Å². The number of carbonyl (C=O) groups is 1. The lowest BCUT2D eigenvalue weighted by Crippen LogP contribution is -2.32. The first kappa shape index (κ1) is 11.3. The van der Waals surface area contributed by atoms with Gasteiger partial charge in [0.2, 0.25) is 0 Å². The Morgan fingerprint density at radius 2 is 2.12 bits per heavy atom. The largest absolute Gasteiger partial charge is 0.493 e. The van der Waals surface area contributed by atoms with Crippen LogP contribution in [0.1, 0.15) is 15.9 Å². The van der Waals surface area contributed by atoms with Crippen molar-refractivity contribution >= 4 is 21.8 Å². The van der Waals surface area contributed by atoms with Crippen molar-refractivity contribution in [1.29, 1.82) is 0 Å². The molecule has 0 spiro atoms. The number of methoxy groups -OCH3 is 2. The summed E-state index contributed by atoms with van der Waals surface area (Å²) in [5.74, 6) is 1.12. The highest BCUT2D eigenvalue weighted by Gasteiger charge is 2.25. The average Bonchev–Trinajstić information content (AvgIpc) is 2.28. The van der Waals surface area contributed by atoms with E-state index in [1.807, 2.05) is 6.07 Å². The zero-order chi connectivity index (χ0) is 11.7. The number of carbonyl (C=O) groups excluding carboxylic acids is 1. The van der Waals surface area contributed by atoms with E-state index in [0.717, 1.165) is 12.0 Å². The number of benzene rings is 1. The molecule has 0 radical (unpaired) electrons. The zero-order valence-corrected chi connectivity index (χ0v) is 10.7. The van der Waals surface area contributed by atoms with E-state index in [-0.39, 0.29) is 5.91 Å². The Labute approximate surface area is 102 Å². The summed E-state index contributed by atoms with van der Waals surface area (Å²) in [5.41, 5.74) is 1.62. The summed E-state index contributed by atoms with van der Waals surface area (Å²) < 4.78 is 11.1. The van der Waals surface area contributed by atoms with Gasteiger partial charge in [-0.1, -0.05) is 0 Å². The van der Waals surface area contributed by atoms with Gasteiger partial charge >= 0.3 is 0 Å². The summed E-state index contributed by atoms with van der Waals surface area (Å²) in [7, 11) is 3.13. The topological polar surface area (TPSA) is 47.6 Å². The summed E-state index contributed by atoms with van der Waals surface area (Å²) in [6.07, 6.45) is 0.806. The summed E-state index contributed by atoms with van der Waals surface area (Å²) >= 11 is 3.39. The Bertz CT molecular complexity index is 445. The van der Waals surface area contributed by atoms with Crippen LogP contribution in [0.15, 0.2) is 10.5 Å². The smallest absolute Gasteiger partial charge is 0.252 e. The molecule has 1 aliphatic heterocycles. The molecule has 0 fully saturated rings. The second-order valence-electron chi connectivity index (χ2n) is 3.47. The number of ether oxygens (including phenoxy) is 2. The van der Waals surface area contributed by atoms with Crippen LogP contribution in [0.2, 0.25) is 0 Å². The molecule has 5 heteroatoms. The number of hydrogen-bond acceptors (Lipinski definition) is 3. The molecular formula is C11H12BrNO3. The number of halogens is 1. The van der Waals surface area contributed by atoms with E-state index in [4.69, 9.17) is 9.47 Å². The second-order valence-corrected chi connectivity index (χ2v) is 4.26. The summed E-state index contributed by atoms with van der Waals surface area (Å²) in [6.45, 7) is 0.660. The minimum atomic E-state index is -0.0749. The molecule has 0 bridgehead atoms. The van der Waals surface area contributed by atoms with Gasteiger partial charge in [0.05, 0.1) is 24.3 Å². The summed E-state index contributed by atoms with van der Waals surface area (Å²) in [5, 5.41) is 2.80. The van der Waals surface area contributed by atoms with Gasteiger partial charge in [0, 0.05) is 6.54 Å². The van der Waals surface area contributed by atoms with Gasteiger partial charge in [-0.3, -0.25) is 4.79 Å². The van der Waals surface area contributed by atoms with Gasteiger partial charge < -0.3 is 14.8 Å². The Morgan fingerprint density at radius 3 is 2.75 bits per heavy atom. The number of fused-ring (bicyclic) bond motifs is 1. The molecule has 2 rings (SSSR count). The number of hydrogen-bond donors (Lipinski definition) is 1. The van der Waals surface area contributed by atoms with E-state index < -0.39 is 0 Å². The van der Waals surface area contributed by atoms with Crippen molar-refractivity contribution in [1.82, 2.24) is 5.32 Å². The highest BCUT2D eigenvalue weighted by atomic mass is 79.9. The Morgan fingerprint density at radius 1 is 1.38 bits per heavy atom. The lowest BCUT2D eigenvalue weighted by Gasteiger charge is -2.21. The van der Waals surface area contributed by atoms with E-state index in [0.29, 0.717) is 28.1 Å². The first-order valence-corrected chi connectivity index (χ1v) is 5.70. The average molecular weight is 286 g/mol. The third-order valence-electron chi connectivity index (χ3n) is 2.60. The van der Waals surface area contributed by atoms with E-state index in [1.165, 1.54) is 0 Å². The van der Waals surface area contributed by atoms with Crippen molar-refractivity contribution in [2.75, 3.05) is 20.8 Å². The summed E-state index contributed by atoms with van der Waals surface area (Å²) in [4.78, 5) is 11.7. The molecule has 86 valence electrons. The van der Waals surface area contributed by atoms with Crippen molar-refractivity contribution in [2.45, 2.75) is 6.42 Å². The van der Waals surface area contributed by atoms with Crippen LogP contribution >= 0.6 is 15.9 Å². The van der Waals surface area contributed by atoms with Crippen LogP contribution < -0.4 is 14.8 Å². The van der Waals surface area contributed by atoms with Crippen molar-refractivity contribution in [2.24, 2.45) is 0 Å². The molecule has 1 aromatic rings. The fourth-order valence-electron chi connectivity index (χ4n) is 1.84. The molecule has 0 saturated carbocycles. The Kier molecular flexibility index (Phi) is 3.05. The molecular weight excluding hydrogens is 274 g/mol. The molecule has 0 atom stereocenters. The fraction of sp³-hybridized carbons (Fsp3) is 0.364. The number of amides is 1. The Hall–Kier alpha value is -1.23. The Balaban J connectivity index is 2.66. The van der Waals surface area contributed by atoms with Crippen LogP contribution in [-0.4, -0.2) is 26.7 Å². The van der Waals surface area contributed by atoms with Crippen molar-refractivity contribution in [3.63, 3.8) is 0 Å². The van der Waals surface area contributed by atoms with Gasteiger partial charge in [0.1, 0.15) is 0 Å². The predicted molar refractivity (Wildman–Crippen MR) is 63.3 cm³/mol. The van der Waals surface area contributed by atoms with Crippen molar-refractivity contribution < 1.29 is 14.3 Å². The third kappa shape index (κ3) is 1.65. The first-order chi connectivity index (χ1) is 7.69. The minimum absolute atomic E-state index is 0.0749. The quantitative estimate of drug-likeness (QED) is 0.901. The maximum atomic E-state index is 11.7. The number of rotatable bonds is 2. The van der Waals surface area contributed by atoms with Gasteiger partial charge in [0.25, 0.3) is 5.91 Å². The minimum Gasteiger partial charge on any atom is -0.493 e. The highest BCUT2D eigenvalue weighted by molar-refractivity contribution is 9.10. The standard InChI is InChI=1S/C11H12BrNO3/c1-15-7-5-6-3-4-13-11(14)8(6)9(12)10(7)16-2/h5H,3-4H2,1-2H3,(H,13,14). The van der Waals surface area contributed by atoms with E-state index in [2.05, 4.69) is 21.2 Å². The summed E-state index contributed by atoms with van der Waals surface area (Å²) in [6, 6.07) is 1.86. The van der Waals surface area contributed by atoms with Gasteiger partial charge in [0.15, 0.2) is 11.5 Å². The molecule has 0 aromatic heterocycles. The monoisotopic (exact) mass is 285 g/mol. The molecule has 1 aromatic carbocycles. The molecule has 0 aliphatic carbocycles. The zero-order valence-electron chi connectivity index (χ0n) is 9.09. The normalized spacial score (nSPS) is 14.1. The van der Waals surface area contributed by atoms with Gasteiger partial charge in [-0.15, -0.1) is 0 Å². The first-order valence-electron chi connectivity index (χ1n) is 4.90. The van der Waals surface area contributed by atoms with Crippen LogP contribution in [0, 0.1) is 0 Å². The second kappa shape index (κ2) is 4.33. The molecule has 4 nitrogen and oxygen atoms in total. The maximum Gasteiger partial charge on any atom is 0.252 e. The fourth-order valence-corrected chi connectivity index (χ4v) is 2.63. The van der Waals surface area contributed by atoms with Gasteiger partial charge in [-0.25, -0.2) is 0 Å². The molecule has 1 N–H and O–H groups in total. The lowest BCUT2D eigenvalue weighted by molar-refractivity contribution is 0.0944. The van der Waals surface area contributed by atoms with Gasteiger partial charge in [-0.05, 0) is 34.0 Å². The molecule has 0 saturated heterocycles. The molecule has 0 unspecified atom stereocenters. The third-order valence-corrected chi connectivity index (χ3v) is 3.36. The van der Waals surface area contributed by atoms with Crippen LogP contribution in [0.5, 0.6) is 11.5 Å². The van der Waals surface area contributed by atoms with Crippen LogP contribution in [0.25, 0.3) is 0 Å². The number of nitrogens with one attached hydrogen (secondary N) is 1. The molecule has 1 heterocycles. The predicted octanol–water partition coefficient (Wildman–Crippen LogP) is 1.75.